The zero-order chi connectivity index (χ0) is 25.7. The summed E-state index contributed by atoms with van der Waals surface area (Å²) in [4.78, 5) is 49.7. The Morgan fingerprint density at radius 3 is 1.76 bits per heavy atom. The molecule has 0 aliphatic rings. The number of carbonyl (C=O) groups is 4. The predicted molar refractivity (Wildman–Crippen MR) is 132 cm³/mol. The highest BCUT2D eigenvalue weighted by atomic mass is 16.5. The molecule has 190 valence electrons. The molecule has 1 aromatic rings. The molecule has 0 aromatic heterocycles. The molecule has 1 aromatic carbocycles. The van der Waals surface area contributed by atoms with E-state index in [1.807, 2.05) is 71.9 Å². The average Bonchev–Trinajstić information content (AvgIpc) is 2.76. The van der Waals surface area contributed by atoms with Crippen LogP contribution in [0.4, 0.5) is 4.79 Å². The minimum absolute atomic E-state index is 0.0873. The zero-order valence-corrected chi connectivity index (χ0v) is 21.3. The minimum Gasteiger partial charge on any atom is -0.445 e. The fourth-order valence-electron chi connectivity index (χ4n) is 3.52. The van der Waals surface area contributed by atoms with Crippen LogP contribution in [0, 0.1) is 17.8 Å². The van der Waals surface area contributed by atoms with Gasteiger partial charge < -0.3 is 25.5 Å². The van der Waals surface area contributed by atoms with Crippen LogP contribution in [-0.2, 0) is 25.7 Å². The molecule has 0 saturated carbocycles. The van der Waals surface area contributed by atoms with Crippen LogP contribution < -0.4 is 16.0 Å². The van der Waals surface area contributed by atoms with E-state index in [4.69, 9.17) is 4.74 Å². The van der Waals surface area contributed by atoms with Crippen LogP contribution in [0.5, 0.6) is 0 Å². The number of aldehydes is 1. The van der Waals surface area contributed by atoms with E-state index in [1.165, 1.54) is 0 Å². The fourth-order valence-corrected chi connectivity index (χ4v) is 3.52. The first-order valence-corrected chi connectivity index (χ1v) is 12.0. The molecule has 0 heterocycles. The lowest BCUT2D eigenvalue weighted by Crippen LogP contribution is -2.55. The molecule has 3 N–H and O–H groups in total. The van der Waals surface area contributed by atoms with Gasteiger partial charge in [-0.15, -0.1) is 0 Å². The third-order valence-corrected chi connectivity index (χ3v) is 5.09. The van der Waals surface area contributed by atoms with Crippen molar-refractivity contribution >= 4 is 24.2 Å². The fraction of sp³-hybridized carbons (Fsp3) is 0.615. The molecule has 1 rings (SSSR count). The van der Waals surface area contributed by atoms with Crippen LogP contribution in [0.3, 0.4) is 0 Å². The molecule has 0 saturated heterocycles. The molecular formula is C26H41N3O5. The number of ether oxygens (including phenoxy) is 1. The molecule has 0 bridgehead atoms. The van der Waals surface area contributed by atoms with E-state index in [9.17, 15) is 19.2 Å². The highest BCUT2D eigenvalue weighted by Gasteiger charge is 2.29. The van der Waals surface area contributed by atoms with Crippen LogP contribution >= 0.6 is 0 Å². The normalized spacial score (nSPS) is 13.8. The van der Waals surface area contributed by atoms with Gasteiger partial charge in [-0.25, -0.2) is 4.79 Å². The monoisotopic (exact) mass is 475 g/mol. The van der Waals surface area contributed by atoms with E-state index < -0.39 is 36.0 Å². The quantitative estimate of drug-likeness (QED) is 0.356. The van der Waals surface area contributed by atoms with E-state index in [1.54, 1.807) is 0 Å². The van der Waals surface area contributed by atoms with Crippen LogP contribution in [0.25, 0.3) is 0 Å². The Morgan fingerprint density at radius 2 is 1.26 bits per heavy atom. The Kier molecular flexibility index (Phi) is 12.9. The van der Waals surface area contributed by atoms with Gasteiger partial charge >= 0.3 is 6.09 Å². The number of rotatable bonds is 14. The molecule has 0 aliphatic heterocycles. The van der Waals surface area contributed by atoms with Crippen molar-refractivity contribution in [3.8, 4) is 0 Å². The highest BCUT2D eigenvalue weighted by molar-refractivity contribution is 5.92. The van der Waals surface area contributed by atoms with Crippen LogP contribution in [0.2, 0.25) is 0 Å². The molecule has 0 fully saturated rings. The lowest BCUT2D eigenvalue weighted by Gasteiger charge is -2.26. The summed E-state index contributed by atoms with van der Waals surface area (Å²) in [6.45, 7) is 11.8. The highest BCUT2D eigenvalue weighted by Crippen LogP contribution is 2.11. The van der Waals surface area contributed by atoms with Gasteiger partial charge in [0.1, 0.15) is 25.0 Å². The predicted octanol–water partition coefficient (Wildman–Crippen LogP) is 3.59. The maximum atomic E-state index is 13.1. The Labute approximate surface area is 203 Å². The second kappa shape index (κ2) is 15.1. The van der Waals surface area contributed by atoms with E-state index in [2.05, 4.69) is 16.0 Å². The third kappa shape index (κ3) is 11.8. The summed E-state index contributed by atoms with van der Waals surface area (Å²) < 4.78 is 5.26. The molecular weight excluding hydrogens is 434 g/mol. The van der Waals surface area contributed by atoms with Gasteiger partial charge in [-0.3, -0.25) is 9.59 Å². The van der Waals surface area contributed by atoms with E-state index in [0.717, 1.165) is 11.8 Å². The summed E-state index contributed by atoms with van der Waals surface area (Å²) in [5, 5.41) is 8.15. The van der Waals surface area contributed by atoms with Crippen LogP contribution in [-0.4, -0.2) is 42.3 Å². The third-order valence-electron chi connectivity index (χ3n) is 5.09. The lowest BCUT2D eigenvalue weighted by molar-refractivity contribution is -0.131. The molecule has 0 unspecified atom stereocenters. The van der Waals surface area contributed by atoms with Gasteiger partial charge in [0.25, 0.3) is 0 Å². The maximum Gasteiger partial charge on any atom is 0.408 e. The number of hydrogen-bond donors (Lipinski definition) is 3. The first-order chi connectivity index (χ1) is 16.0. The van der Waals surface area contributed by atoms with Crippen molar-refractivity contribution in [2.75, 3.05) is 0 Å². The Morgan fingerprint density at radius 1 is 0.765 bits per heavy atom. The topological polar surface area (TPSA) is 114 Å². The van der Waals surface area contributed by atoms with Crippen molar-refractivity contribution < 1.29 is 23.9 Å². The first-order valence-electron chi connectivity index (χ1n) is 12.0. The van der Waals surface area contributed by atoms with Gasteiger partial charge in [0.05, 0.1) is 6.04 Å². The van der Waals surface area contributed by atoms with Crippen LogP contribution in [0.15, 0.2) is 30.3 Å². The number of alkyl carbamates (subject to hydrolysis) is 1. The number of hydrogen-bond acceptors (Lipinski definition) is 5. The summed E-state index contributed by atoms with van der Waals surface area (Å²) in [5.74, 6) is -0.390. The summed E-state index contributed by atoms with van der Waals surface area (Å²) >= 11 is 0. The lowest BCUT2D eigenvalue weighted by atomic mass is 9.99. The van der Waals surface area contributed by atoms with Gasteiger partial charge in [-0.2, -0.15) is 0 Å². The molecule has 3 atom stereocenters. The van der Waals surface area contributed by atoms with Crippen molar-refractivity contribution in [1.29, 1.82) is 0 Å². The SMILES string of the molecule is CC(C)C[C@H](NC(=O)OCc1ccccc1)C(=O)N[C@H](CC(C)C)C(=O)N[C@@H](C=O)CC(C)C. The summed E-state index contributed by atoms with van der Waals surface area (Å²) in [7, 11) is 0. The summed E-state index contributed by atoms with van der Waals surface area (Å²) in [6, 6.07) is 6.96. The zero-order valence-electron chi connectivity index (χ0n) is 21.3. The second-order valence-corrected chi connectivity index (χ2v) is 9.96. The standard InChI is InChI=1S/C26H41N3O5/c1-17(2)12-21(15-30)27-24(31)22(13-18(3)4)28-25(32)23(14-19(5)6)29-26(33)34-16-20-10-8-7-9-11-20/h7-11,15,17-19,21-23H,12-14,16H2,1-6H3,(H,27,31)(H,28,32)(H,29,33)/t21-,22-,23+/m1/s1. The van der Waals surface area contributed by atoms with Crippen molar-refractivity contribution in [1.82, 2.24) is 16.0 Å². The number of amides is 3. The van der Waals surface area contributed by atoms with Gasteiger partial charge in [-0.05, 0) is 42.6 Å². The Hall–Kier alpha value is -2.90. The average molecular weight is 476 g/mol. The molecule has 0 spiro atoms. The van der Waals surface area contributed by atoms with Gasteiger partial charge in [0.15, 0.2) is 0 Å². The summed E-state index contributed by atoms with van der Waals surface area (Å²) in [5.41, 5.74) is 0.835. The first kappa shape index (κ1) is 29.1. The Bertz CT molecular complexity index is 780. The van der Waals surface area contributed by atoms with Crippen LogP contribution in [0.1, 0.15) is 66.4 Å². The maximum absolute atomic E-state index is 13.1. The molecule has 0 aliphatic carbocycles. The Balaban J connectivity index is 2.84. The van der Waals surface area contributed by atoms with Crippen molar-refractivity contribution in [2.45, 2.75) is 85.5 Å². The van der Waals surface area contributed by atoms with Crippen molar-refractivity contribution in [3.05, 3.63) is 35.9 Å². The van der Waals surface area contributed by atoms with E-state index >= 15 is 0 Å². The van der Waals surface area contributed by atoms with Gasteiger partial charge in [0, 0.05) is 0 Å². The molecule has 0 radical (unpaired) electrons. The minimum atomic E-state index is -0.858. The van der Waals surface area contributed by atoms with Gasteiger partial charge in [0.2, 0.25) is 11.8 Å². The van der Waals surface area contributed by atoms with Crippen molar-refractivity contribution in [3.63, 3.8) is 0 Å². The van der Waals surface area contributed by atoms with Crippen molar-refractivity contribution in [2.24, 2.45) is 17.8 Å². The molecule has 3 amide bonds. The number of nitrogens with one attached hydrogen (secondary N) is 3. The van der Waals surface area contributed by atoms with E-state index in [0.29, 0.717) is 19.3 Å². The summed E-state index contributed by atoms with van der Waals surface area (Å²) in [6.07, 6.45) is 1.32. The van der Waals surface area contributed by atoms with E-state index in [-0.39, 0.29) is 24.4 Å². The molecule has 34 heavy (non-hydrogen) atoms. The van der Waals surface area contributed by atoms with Gasteiger partial charge in [-0.1, -0.05) is 71.9 Å². The number of benzene rings is 1. The molecule has 8 nitrogen and oxygen atoms in total. The smallest absolute Gasteiger partial charge is 0.408 e. The largest absolute Gasteiger partial charge is 0.445 e. The second-order valence-electron chi connectivity index (χ2n) is 9.96. The number of carbonyl (C=O) groups excluding carboxylic acids is 4. The molecule has 8 heteroatoms.